The molecule has 8 nitrogen and oxygen atoms in total. The zero-order valence-corrected chi connectivity index (χ0v) is 17.6. The van der Waals surface area contributed by atoms with Gasteiger partial charge < -0.3 is 20.0 Å². The van der Waals surface area contributed by atoms with Crippen LogP contribution in [-0.2, 0) is 19.1 Å². The van der Waals surface area contributed by atoms with Gasteiger partial charge in [-0.3, -0.25) is 19.3 Å². The van der Waals surface area contributed by atoms with E-state index in [2.05, 4.69) is 5.32 Å². The van der Waals surface area contributed by atoms with Gasteiger partial charge in [-0.1, -0.05) is 18.2 Å². The van der Waals surface area contributed by atoms with Crippen LogP contribution in [-0.4, -0.2) is 52.4 Å². The summed E-state index contributed by atoms with van der Waals surface area (Å²) in [5, 5.41) is 13.6. The summed E-state index contributed by atoms with van der Waals surface area (Å²) in [6.45, 7) is 0.991. The number of esters is 1. The smallest absolute Gasteiger partial charge is 0.543 e. The first kappa shape index (κ1) is 21.5. The number of thioether (sulfide) groups is 1. The summed E-state index contributed by atoms with van der Waals surface area (Å²) in [5.74, 6) is -2.76. The molecule has 2 aliphatic rings. The quantitative estimate of drug-likeness (QED) is 0.308. The minimum Gasteiger partial charge on any atom is -0.543 e. The molecular formula is C17H15N2NaO6S. The van der Waals surface area contributed by atoms with Gasteiger partial charge in [-0.25, -0.2) is 0 Å². The number of hydrogen-bond donors (Lipinski definition) is 1. The molecule has 2 atom stereocenters. The van der Waals surface area contributed by atoms with E-state index in [1.165, 1.54) is 18.7 Å². The molecule has 0 aliphatic carbocycles. The molecule has 0 aromatic heterocycles. The molecule has 1 unspecified atom stereocenters. The van der Waals surface area contributed by atoms with Gasteiger partial charge in [0.2, 0.25) is 0 Å². The summed E-state index contributed by atoms with van der Waals surface area (Å²) in [6, 6.07) is 7.60. The molecule has 1 aromatic carbocycles. The molecule has 1 fully saturated rings. The van der Waals surface area contributed by atoms with Gasteiger partial charge in [0.1, 0.15) is 18.0 Å². The third kappa shape index (κ3) is 4.37. The predicted molar refractivity (Wildman–Crippen MR) is 89.5 cm³/mol. The number of rotatable bonds is 5. The normalized spacial score (nSPS) is 20.8. The van der Waals surface area contributed by atoms with Crippen LogP contribution in [0.3, 0.4) is 0 Å². The summed E-state index contributed by atoms with van der Waals surface area (Å²) >= 11 is 1.29. The predicted octanol–water partition coefficient (Wildman–Crippen LogP) is -3.73. The Bertz CT molecular complexity index is 813. The molecule has 0 spiro atoms. The Kier molecular flexibility index (Phi) is 7.10. The van der Waals surface area contributed by atoms with Crippen LogP contribution in [0.2, 0.25) is 0 Å². The number of aliphatic carboxylic acids is 1. The third-order valence-electron chi connectivity index (χ3n) is 4.01. The number of carbonyl (C=O) groups is 4. The number of carboxylic acids is 1. The molecule has 27 heavy (non-hydrogen) atoms. The van der Waals surface area contributed by atoms with Crippen molar-refractivity contribution in [1.29, 1.82) is 0 Å². The second kappa shape index (κ2) is 8.92. The van der Waals surface area contributed by atoms with Crippen LogP contribution in [0.25, 0.3) is 0 Å². The number of fused-ring (bicyclic) bond motifs is 1. The molecule has 0 saturated carbocycles. The monoisotopic (exact) mass is 398 g/mol. The molecule has 1 aromatic rings. The van der Waals surface area contributed by atoms with E-state index in [0.717, 1.165) is 4.90 Å². The zero-order chi connectivity index (χ0) is 18.8. The average Bonchev–Trinajstić information content (AvgIpc) is 2.63. The number of hydrogen-bond acceptors (Lipinski definition) is 7. The fraction of sp³-hybridized carbons (Fsp3) is 0.294. The van der Waals surface area contributed by atoms with E-state index in [-0.39, 0.29) is 47.6 Å². The Morgan fingerprint density at radius 3 is 2.56 bits per heavy atom. The van der Waals surface area contributed by atoms with E-state index >= 15 is 0 Å². The molecule has 2 amide bonds. The number of carboxylic acid groups (broad SMARTS) is 1. The van der Waals surface area contributed by atoms with Gasteiger partial charge >= 0.3 is 35.5 Å². The van der Waals surface area contributed by atoms with E-state index in [9.17, 15) is 24.3 Å². The van der Waals surface area contributed by atoms with Crippen molar-refractivity contribution in [2.75, 3.05) is 12.4 Å². The Morgan fingerprint density at radius 1 is 1.30 bits per heavy atom. The first-order valence-corrected chi connectivity index (χ1v) is 8.82. The van der Waals surface area contributed by atoms with E-state index in [1.54, 1.807) is 30.3 Å². The number of ether oxygens (including phenoxy) is 1. The molecule has 2 aliphatic heterocycles. The second-order valence-corrected chi connectivity index (χ2v) is 6.85. The van der Waals surface area contributed by atoms with Crippen molar-refractivity contribution >= 4 is 35.5 Å². The van der Waals surface area contributed by atoms with Crippen LogP contribution in [0.4, 0.5) is 0 Å². The fourth-order valence-electron chi connectivity index (χ4n) is 2.79. The molecule has 3 rings (SSSR count). The van der Waals surface area contributed by atoms with Gasteiger partial charge in [0, 0.05) is 23.8 Å². The van der Waals surface area contributed by atoms with Crippen molar-refractivity contribution in [3.63, 3.8) is 0 Å². The number of nitrogens with zero attached hydrogens (tertiary/aromatic N) is 1. The minimum atomic E-state index is -1.52. The summed E-state index contributed by atoms with van der Waals surface area (Å²) in [5.41, 5.74) is 0.415. The molecule has 2 heterocycles. The molecule has 1 saturated heterocycles. The van der Waals surface area contributed by atoms with Crippen molar-refractivity contribution in [1.82, 2.24) is 10.2 Å². The molecule has 1 N–H and O–H groups in total. The number of benzene rings is 1. The summed E-state index contributed by atoms with van der Waals surface area (Å²) < 4.78 is 4.84. The number of β-lactam (4-membered cyclic amide) rings is 1. The van der Waals surface area contributed by atoms with E-state index in [4.69, 9.17) is 4.74 Å². The minimum absolute atomic E-state index is 0. The maximum Gasteiger partial charge on any atom is 1.00 e. The summed E-state index contributed by atoms with van der Waals surface area (Å²) in [6.07, 6.45) is 0. The second-order valence-electron chi connectivity index (χ2n) is 5.75. The van der Waals surface area contributed by atoms with Gasteiger partial charge in [0.05, 0.1) is 11.7 Å². The number of nitrogens with one attached hydrogen (secondary N) is 1. The van der Waals surface area contributed by atoms with Gasteiger partial charge in [-0.05, 0) is 12.1 Å². The van der Waals surface area contributed by atoms with Gasteiger partial charge in [-0.2, -0.15) is 0 Å². The summed E-state index contributed by atoms with van der Waals surface area (Å²) in [7, 11) is 0. The zero-order valence-electron chi connectivity index (χ0n) is 14.8. The standard InChI is InChI=1S/C17H16N2O6S.Na/c1-9(20)25-7-11-8-26-16-12(15(22)19(16)13(11)17(23)24)18-14(21)10-5-3-2-4-6-10;/h2-6,12,16H,7-8H2,1H3,(H,18,21)(H,23,24);/q;+1/p-1/t12?,16-;/m0./s1. The van der Waals surface area contributed by atoms with Crippen LogP contribution < -0.4 is 40.0 Å². The molecule has 0 radical (unpaired) electrons. The maximum atomic E-state index is 12.4. The van der Waals surface area contributed by atoms with Crippen LogP contribution >= 0.6 is 11.8 Å². The third-order valence-corrected chi connectivity index (χ3v) is 5.35. The summed E-state index contributed by atoms with van der Waals surface area (Å²) in [4.78, 5) is 48.2. The van der Waals surface area contributed by atoms with Crippen LogP contribution in [0.1, 0.15) is 17.3 Å². The first-order valence-electron chi connectivity index (χ1n) is 7.77. The van der Waals surface area contributed by atoms with Crippen LogP contribution in [0, 0.1) is 0 Å². The van der Waals surface area contributed by atoms with E-state index in [1.807, 2.05) is 0 Å². The van der Waals surface area contributed by atoms with Crippen molar-refractivity contribution in [2.24, 2.45) is 0 Å². The van der Waals surface area contributed by atoms with Crippen molar-refractivity contribution in [3.8, 4) is 0 Å². The molecular weight excluding hydrogens is 383 g/mol. The first-order chi connectivity index (χ1) is 12.4. The van der Waals surface area contributed by atoms with Crippen LogP contribution in [0.15, 0.2) is 41.6 Å². The average molecular weight is 398 g/mol. The Labute approximate surface area is 181 Å². The topological polar surface area (TPSA) is 116 Å². The fourth-order valence-corrected chi connectivity index (χ4v) is 4.11. The van der Waals surface area contributed by atoms with Crippen molar-refractivity contribution in [3.05, 3.63) is 47.2 Å². The Morgan fingerprint density at radius 2 is 1.96 bits per heavy atom. The molecule has 136 valence electrons. The van der Waals surface area contributed by atoms with Crippen molar-refractivity contribution in [2.45, 2.75) is 18.3 Å². The molecule has 10 heteroatoms. The SMILES string of the molecule is CC(=O)OCC1=C(C(=O)[O-])N2C(=O)C(NC(=O)c3ccccc3)[C@@H]2SC1.[Na+]. The van der Waals surface area contributed by atoms with Crippen LogP contribution in [0.5, 0.6) is 0 Å². The molecule has 0 bridgehead atoms. The van der Waals surface area contributed by atoms with E-state index < -0.39 is 35.2 Å². The largest absolute Gasteiger partial charge is 1.00 e. The number of amides is 2. The number of carbonyl (C=O) groups excluding carboxylic acids is 4. The Hall–Kier alpha value is -1.81. The van der Waals surface area contributed by atoms with Gasteiger partial charge in [0.25, 0.3) is 11.8 Å². The van der Waals surface area contributed by atoms with Gasteiger partial charge in [-0.15, -0.1) is 11.8 Å². The maximum absolute atomic E-state index is 12.4. The van der Waals surface area contributed by atoms with E-state index in [0.29, 0.717) is 11.1 Å². The van der Waals surface area contributed by atoms with Gasteiger partial charge in [0.15, 0.2) is 0 Å². The Balaban J connectivity index is 0.00000261. The van der Waals surface area contributed by atoms with Crippen molar-refractivity contribution < 1.29 is 58.6 Å².